The third-order valence-corrected chi connectivity index (χ3v) is 3.44. The van der Waals surface area contributed by atoms with Crippen molar-refractivity contribution in [3.05, 3.63) is 0 Å². The third kappa shape index (κ3) is 4.93. The number of esters is 1. The zero-order valence-corrected chi connectivity index (χ0v) is 10.7. The van der Waals surface area contributed by atoms with E-state index >= 15 is 0 Å². The number of nitrogens with two attached hydrogens (primary N) is 1. The lowest BCUT2D eigenvalue weighted by atomic mass is 10.4. The fourth-order valence-electron chi connectivity index (χ4n) is 1.40. The standard InChI is InChI=1S/C10H18N2O4S/c1-15-10(14)8(11)6-17-7-9(13)12-2-4-16-5-3-12/h8H,2-7,11H2,1H3. The topological polar surface area (TPSA) is 81.9 Å². The number of amides is 1. The Bertz CT molecular complexity index is 269. The van der Waals surface area contributed by atoms with E-state index in [0.717, 1.165) is 0 Å². The second-order valence-electron chi connectivity index (χ2n) is 3.64. The second kappa shape index (κ2) is 7.52. The summed E-state index contributed by atoms with van der Waals surface area (Å²) in [6, 6.07) is -0.664. The number of hydrogen-bond donors (Lipinski definition) is 1. The van der Waals surface area contributed by atoms with E-state index in [1.807, 2.05) is 0 Å². The Kier molecular flexibility index (Phi) is 6.31. The SMILES string of the molecule is COC(=O)C(N)CSCC(=O)N1CCOCC1. The van der Waals surface area contributed by atoms with Crippen molar-refractivity contribution < 1.29 is 19.1 Å². The molecule has 0 bridgehead atoms. The van der Waals surface area contributed by atoms with Gasteiger partial charge in [0.1, 0.15) is 6.04 Å². The lowest BCUT2D eigenvalue weighted by Gasteiger charge is -2.26. The Hall–Kier alpha value is -0.790. The third-order valence-electron chi connectivity index (χ3n) is 2.39. The van der Waals surface area contributed by atoms with Crippen LogP contribution in [0.25, 0.3) is 0 Å². The molecule has 0 aromatic heterocycles. The van der Waals surface area contributed by atoms with E-state index in [0.29, 0.717) is 37.8 Å². The van der Waals surface area contributed by atoms with Gasteiger partial charge in [0.05, 0.1) is 26.1 Å². The van der Waals surface area contributed by atoms with Gasteiger partial charge in [0, 0.05) is 18.8 Å². The van der Waals surface area contributed by atoms with Crippen LogP contribution in [0.2, 0.25) is 0 Å². The first kappa shape index (κ1) is 14.3. The second-order valence-corrected chi connectivity index (χ2v) is 4.67. The molecule has 1 atom stereocenters. The van der Waals surface area contributed by atoms with E-state index in [2.05, 4.69) is 4.74 Å². The molecule has 1 rings (SSSR count). The largest absolute Gasteiger partial charge is 0.468 e. The number of nitrogens with zero attached hydrogens (tertiary/aromatic N) is 1. The quantitative estimate of drug-likeness (QED) is 0.645. The highest BCUT2D eigenvalue weighted by Crippen LogP contribution is 2.06. The Labute approximate surface area is 105 Å². The van der Waals surface area contributed by atoms with Crippen molar-refractivity contribution in [2.75, 3.05) is 44.9 Å². The summed E-state index contributed by atoms with van der Waals surface area (Å²) in [6.07, 6.45) is 0. The van der Waals surface area contributed by atoms with Crippen LogP contribution in [0.4, 0.5) is 0 Å². The van der Waals surface area contributed by atoms with Crippen LogP contribution in [0.15, 0.2) is 0 Å². The van der Waals surface area contributed by atoms with Crippen molar-refractivity contribution in [2.24, 2.45) is 5.73 Å². The summed E-state index contributed by atoms with van der Waals surface area (Å²) in [7, 11) is 1.30. The van der Waals surface area contributed by atoms with Crippen molar-refractivity contribution in [2.45, 2.75) is 6.04 Å². The minimum atomic E-state index is -0.664. The van der Waals surface area contributed by atoms with E-state index in [-0.39, 0.29) is 5.91 Å². The molecule has 17 heavy (non-hydrogen) atoms. The van der Waals surface area contributed by atoms with Crippen LogP contribution in [-0.2, 0) is 19.1 Å². The molecule has 7 heteroatoms. The number of ether oxygens (including phenoxy) is 2. The summed E-state index contributed by atoms with van der Waals surface area (Å²) in [5.41, 5.74) is 5.55. The Morgan fingerprint density at radius 1 is 1.47 bits per heavy atom. The predicted molar refractivity (Wildman–Crippen MR) is 64.7 cm³/mol. The van der Waals surface area contributed by atoms with Crippen molar-refractivity contribution in [3.8, 4) is 0 Å². The number of carbonyl (C=O) groups is 2. The van der Waals surface area contributed by atoms with E-state index in [9.17, 15) is 9.59 Å². The average Bonchev–Trinajstić information content (AvgIpc) is 2.38. The van der Waals surface area contributed by atoms with Gasteiger partial charge in [-0.15, -0.1) is 11.8 Å². The van der Waals surface area contributed by atoms with Crippen LogP contribution in [0.5, 0.6) is 0 Å². The molecule has 1 amide bonds. The molecule has 6 nitrogen and oxygen atoms in total. The van der Waals surface area contributed by atoms with Crippen molar-refractivity contribution in [3.63, 3.8) is 0 Å². The van der Waals surface area contributed by atoms with Gasteiger partial charge in [0.15, 0.2) is 0 Å². The number of carbonyl (C=O) groups excluding carboxylic acids is 2. The van der Waals surface area contributed by atoms with Crippen LogP contribution in [0, 0.1) is 0 Å². The molecular formula is C10H18N2O4S. The first-order valence-corrected chi connectivity index (χ1v) is 6.57. The Balaban J connectivity index is 2.17. The smallest absolute Gasteiger partial charge is 0.323 e. The van der Waals surface area contributed by atoms with E-state index in [4.69, 9.17) is 10.5 Å². The van der Waals surface area contributed by atoms with Crippen LogP contribution < -0.4 is 5.73 Å². The van der Waals surface area contributed by atoms with Gasteiger partial charge in [-0.1, -0.05) is 0 Å². The van der Waals surface area contributed by atoms with Gasteiger partial charge in [-0.2, -0.15) is 0 Å². The fraction of sp³-hybridized carbons (Fsp3) is 0.800. The number of rotatable bonds is 5. The molecule has 1 unspecified atom stereocenters. The predicted octanol–water partition coefficient (Wildman–Crippen LogP) is -0.921. The molecule has 1 saturated heterocycles. The maximum absolute atomic E-state index is 11.7. The lowest BCUT2D eigenvalue weighted by molar-refractivity contribution is -0.141. The molecule has 98 valence electrons. The average molecular weight is 262 g/mol. The Morgan fingerprint density at radius 2 is 2.12 bits per heavy atom. The molecule has 0 radical (unpaired) electrons. The maximum Gasteiger partial charge on any atom is 0.323 e. The molecule has 0 saturated carbocycles. The van der Waals surface area contributed by atoms with Crippen LogP contribution in [0.3, 0.4) is 0 Å². The molecule has 1 aliphatic rings. The normalized spacial score (nSPS) is 17.6. The summed E-state index contributed by atoms with van der Waals surface area (Å²) >= 11 is 1.35. The summed E-state index contributed by atoms with van der Waals surface area (Å²) in [5.74, 6) is 0.347. The number of morpholine rings is 1. The Morgan fingerprint density at radius 3 is 2.71 bits per heavy atom. The molecule has 0 aromatic rings. The fourth-order valence-corrected chi connectivity index (χ4v) is 2.26. The molecule has 1 heterocycles. The minimum Gasteiger partial charge on any atom is -0.468 e. The first-order valence-electron chi connectivity index (χ1n) is 5.42. The van der Waals surface area contributed by atoms with Crippen molar-refractivity contribution in [1.29, 1.82) is 0 Å². The van der Waals surface area contributed by atoms with Gasteiger partial charge in [0.2, 0.25) is 5.91 Å². The van der Waals surface area contributed by atoms with Crippen molar-refractivity contribution in [1.82, 2.24) is 4.90 Å². The molecule has 1 aliphatic heterocycles. The van der Waals surface area contributed by atoms with Gasteiger partial charge >= 0.3 is 5.97 Å². The highest BCUT2D eigenvalue weighted by atomic mass is 32.2. The molecule has 0 aromatic carbocycles. The minimum absolute atomic E-state index is 0.0652. The first-order chi connectivity index (χ1) is 8.15. The van der Waals surface area contributed by atoms with Crippen LogP contribution in [-0.4, -0.2) is 67.7 Å². The maximum atomic E-state index is 11.7. The van der Waals surface area contributed by atoms with Gasteiger partial charge in [-0.3, -0.25) is 9.59 Å². The summed E-state index contributed by atoms with van der Waals surface area (Å²) in [6.45, 7) is 2.47. The highest BCUT2D eigenvalue weighted by Gasteiger charge is 2.18. The zero-order chi connectivity index (χ0) is 12.7. The van der Waals surface area contributed by atoms with E-state index in [1.165, 1.54) is 18.9 Å². The van der Waals surface area contributed by atoms with Crippen LogP contribution >= 0.6 is 11.8 Å². The van der Waals surface area contributed by atoms with E-state index < -0.39 is 12.0 Å². The monoisotopic (exact) mass is 262 g/mol. The molecule has 1 fully saturated rings. The van der Waals surface area contributed by atoms with Gasteiger partial charge in [0.25, 0.3) is 0 Å². The van der Waals surface area contributed by atoms with Crippen molar-refractivity contribution >= 4 is 23.6 Å². The van der Waals surface area contributed by atoms with Gasteiger partial charge < -0.3 is 20.1 Å². The summed E-state index contributed by atoms with van der Waals surface area (Å²) < 4.78 is 9.65. The lowest BCUT2D eigenvalue weighted by Crippen LogP contribution is -2.42. The van der Waals surface area contributed by atoms with E-state index in [1.54, 1.807) is 4.90 Å². The number of methoxy groups -OCH3 is 1. The molecule has 0 aliphatic carbocycles. The highest BCUT2D eigenvalue weighted by molar-refractivity contribution is 8.00. The summed E-state index contributed by atoms with van der Waals surface area (Å²) in [5, 5.41) is 0. The molecule has 2 N–H and O–H groups in total. The zero-order valence-electron chi connectivity index (χ0n) is 9.89. The van der Waals surface area contributed by atoms with Gasteiger partial charge in [-0.05, 0) is 0 Å². The molecular weight excluding hydrogens is 244 g/mol. The summed E-state index contributed by atoms with van der Waals surface area (Å²) in [4.78, 5) is 24.5. The van der Waals surface area contributed by atoms with Gasteiger partial charge in [-0.25, -0.2) is 0 Å². The van der Waals surface area contributed by atoms with Crippen LogP contribution in [0.1, 0.15) is 0 Å². The molecule has 0 spiro atoms. The number of thioether (sulfide) groups is 1. The number of hydrogen-bond acceptors (Lipinski definition) is 6.